The molecular weight excluding hydrogens is 554 g/mol. The van der Waals surface area contributed by atoms with Crippen molar-refractivity contribution in [2.45, 2.75) is 19.9 Å². The Hall–Kier alpha value is -3.18. The lowest BCUT2D eigenvalue weighted by Crippen LogP contribution is -2.21. The Kier molecular flexibility index (Phi) is 8.57. The molecule has 0 aliphatic heterocycles. The molecule has 3 N–H and O–H groups in total. The number of ether oxygens (including phenoxy) is 1. The lowest BCUT2D eigenvalue weighted by molar-refractivity contribution is 0.437. The van der Waals surface area contributed by atoms with Gasteiger partial charge in [0, 0.05) is 47.2 Å². The molecule has 12 heteroatoms. The average molecular weight is 579 g/mol. The van der Waals surface area contributed by atoms with Gasteiger partial charge in [0.15, 0.2) is 11.6 Å². The highest BCUT2D eigenvalue weighted by atomic mass is 35.5. The molecule has 0 amide bonds. The van der Waals surface area contributed by atoms with E-state index in [0.717, 1.165) is 16.7 Å². The molecule has 0 saturated carbocycles. The number of nitrogen functional groups attached to an aromatic ring is 1. The Morgan fingerprint density at radius 2 is 1.89 bits per heavy atom. The van der Waals surface area contributed by atoms with E-state index in [1.54, 1.807) is 6.07 Å². The summed E-state index contributed by atoms with van der Waals surface area (Å²) in [6.07, 6.45) is 1.23. The zero-order valence-corrected chi connectivity index (χ0v) is 22.9. The van der Waals surface area contributed by atoms with E-state index >= 15 is 4.39 Å². The first-order valence-corrected chi connectivity index (χ1v) is 14.3. The maximum absolute atomic E-state index is 15.3. The molecule has 0 atom stereocenters. The van der Waals surface area contributed by atoms with Crippen LogP contribution in [0.25, 0.3) is 11.5 Å². The molecule has 1 heterocycles. The minimum absolute atomic E-state index is 0.0193. The van der Waals surface area contributed by atoms with E-state index in [-0.39, 0.29) is 40.1 Å². The molecule has 4 aromatic rings. The van der Waals surface area contributed by atoms with E-state index in [1.165, 1.54) is 30.5 Å². The maximum Gasteiger partial charge on any atom is 0.248 e. The van der Waals surface area contributed by atoms with Gasteiger partial charge >= 0.3 is 0 Å². The Morgan fingerprint density at radius 3 is 2.61 bits per heavy atom. The van der Waals surface area contributed by atoms with E-state index in [1.807, 2.05) is 25.1 Å². The van der Waals surface area contributed by atoms with Crippen LogP contribution >= 0.6 is 23.2 Å². The summed E-state index contributed by atoms with van der Waals surface area (Å²) < 4.78 is 49.3. The van der Waals surface area contributed by atoms with Gasteiger partial charge in [0.05, 0.1) is 17.2 Å². The summed E-state index contributed by atoms with van der Waals surface area (Å²) in [7, 11) is -3.01. The van der Waals surface area contributed by atoms with Crippen LogP contribution in [-0.4, -0.2) is 37.2 Å². The Balaban J connectivity index is 1.47. The van der Waals surface area contributed by atoms with Crippen molar-refractivity contribution in [2.75, 3.05) is 24.3 Å². The fourth-order valence-electron chi connectivity index (χ4n) is 3.73. The summed E-state index contributed by atoms with van der Waals surface area (Å²) in [6, 6.07) is 13.3. The van der Waals surface area contributed by atoms with Gasteiger partial charge in [-0.1, -0.05) is 41.4 Å². The number of nitrogens with one attached hydrogen (secondary N) is 1. The van der Waals surface area contributed by atoms with Crippen LogP contribution in [0.5, 0.6) is 11.5 Å². The van der Waals surface area contributed by atoms with Crippen LogP contribution in [0.15, 0.2) is 52.9 Å². The van der Waals surface area contributed by atoms with Gasteiger partial charge < -0.3 is 20.2 Å². The van der Waals surface area contributed by atoms with Crippen molar-refractivity contribution in [2.24, 2.45) is 0 Å². The molecule has 200 valence electrons. The molecule has 0 radical (unpaired) electrons. The lowest BCUT2D eigenvalue weighted by Gasteiger charge is -2.12. The summed E-state index contributed by atoms with van der Waals surface area (Å²) in [5, 5.41) is 11.7. The van der Waals surface area contributed by atoms with Crippen LogP contribution in [0, 0.1) is 12.7 Å². The number of benzene rings is 3. The topological polar surface area (TPSA) is 120 Å². The zero-order chi connectivity index (χ0) is 27.4. The lowest BCUT2D eigenvalue weighted by atomic mass is 10.1. The maximum atomic E-state index is 15.3. The van der Waals surface area contributed by atoms with Crippen LogP contribution in [0.3, 0.4) is 0 Å². The second-order valence-electron chi connectivity index (χ2n) is 8.81. The van der Waals surface area contributed by atoms with Crippen molar-refractivity contribution >= 4 is 38.7 Å². The molecule has 1 aromatic heterocycles. The number of nitrogens with two attached hydrogens (primary N) is 1. The molecule has 4 rings (SSSR count). The number of rotatable bonds is 10. The minimum Gasteiger partial charge on any atom is -0.453 e. The third kappa shape index (κ3) is 7.22. The Labute approximate surface area is 229 Å². The van der Waals surface area contributed by atoms with Crippen molar-refractivity contribution in [1.29, 1.82) is 0 Å². The predicted molar refractivity (Wildman–Crippen MR) is 146 cm³/mol. The summed E-state index contributed by atoms with van der Waals surface area (Å²) in [4.78, 5) is 0. The second kappa shape index (κ2) is 11.7. The monoisotopic (exact) mass is 578 g/mol. The standard InChI is InChI=1S/C26H25Cl2FN4O4S/c1-15-9-16(14-31-7-8-38(2,34)35)3-5-21(15)26-33-32-23(37-26)10-17-4-6-22(28)25(24(17)29)36-20-12-18(27)11-19(30)13-20/h3-6,9,11-13,31H,7-8,10,14,30H2,1-2H3. The highest BCUT2D eigenvalue weighted by molar-refractivity contribution is 7.90. The summed E-state index contributed by atoms with van der Waals surface area (Å²) in [5.41, 5.74) is 9.03. The van der Waals surface area contributed by atoms with Crippen LogP contribution in [0.2, 0.25) is 10.0 Å². The van der Waals surface area contributed by atoms with E-state index < -0.39 is 15.7 Å². The van der Waals surface area contributed by atoms with E-state index in [9.17, 15) is 8.42 Å². The average Bonchev–Trinajstić information content (AvgIpc) is 3.28. The van der Waals surface area contributed by atoms with Crippen molar-refractivity contribution in [1.82, 2.24) is 15.5 Å². The Bertz CT molecular complexity index is 1560. The highest BCUT2D eigenvalue weighted by Gasteiger charge is 2.19. The van der Waals surface area contributed by atoms with Crippen LogP contribution in [-0.2, 0) is 22.8 Å². The number of sulfone groups is 1. The quantitative estimate of drug-likeness (QED) is 0.184. The normalized spacial score (nSPS) is 11.6. The van der Waals surface area contributed by atoms with Gasteiger partial charge in [0.2, 0.25) is 11.8 Å². The number of aryl methyl sites for hydroxylation is 1. The first-order valence-electron chi connectivity index (χ1n) is 11.5. The fraction of sp³-hybridized carbons (Fsp3) is 0.231. The van der Waals surface area contributed by atoms with Gasteiger partial charge in [-0.15, -0.1) is 10.2 Å². The second-order valence-corrected chi connectivity index (χ2v) is 11.9. The molecule has 38 heavy (non-hydrogen) atoms. The van der Waals surface area contributed by atoms with Crippen LogP contribution in [0.1, 0.15) is 22.6 Å². The van der Waals surface area contributed by atoms with Gasteiger partial charge in [-0.25, -0.2) is 12.8 Å². The first-order chi connectivity index (χ1) is 18.0. The van der Waals surface area contributed by atoms with Crippen molar-refractivity contribution in [3.8, 4) is 23.0 Å². The van der Waals surface area contributed by atoms with Gasteiger partial charge in [-0.05, 0) is 42.3 Å². The highest BCUT2D eigenvalue weighted by Crippen LogP contribution is 2.36. The zero-order valence-electron chi connectivity index (χ0n) is 20.6. The fourth-order valence-corrected chi connectivity index (χ4v) is 4.66. The molecule has 0 fully saturated rings. The molecule has 0 unspecified atom stereocenters. The van der Waals surface area contributed by atoms with Gasteiger partial charge in [-0.3, -0.25) is 0 Å². The third-order valence-electron chi connectivity index (χ3n) is 5.55. The third-order valence-corrected chi connectivity index (χ3v) is 7.01. The van der Waals surface area contributed by atoms with Gasteiger partial charge in [-0.2, -0.15) is 0 Å². The summed E-state index contributed by atoms with van der Waals surface area (Å²) in [5.74, 6) is 0.00476. The van der Waals surface area contributed by atoms with Crippen LogP contribution < -0.4 is 15.8 Å². The molecule has 0 spiro atoms. The largest absolute Gasteiger partial charge is 0.453 e. The molecule has 8 nitrogen and oxygen atoms in total. The van der Waals surface area contributed by atoms with E-state index in [4.69, 9.17) is 38.1 Å². The number of halogens is 3. The minimum atomic E-state index is -3.01. The number of hydrogen-bond acceptors (Lipinski definition) is 8. The number of hydrogen-bond donors (Lipinski definition) is 2. The predicted octanol–water partition coefficient (Wildman–Crippen LogP) is 5.59. The van der Waals surface area contributed by atoms with Gasteiger partial charge in [0.1, 0.15) is 15.6 Å². The summed E-state index contributed by atoms with van der Waals surface area (Å²) in [6.45, 7) is 2.80. The first kappa shape index (κ1) is 27.8. The number of anilines is 1. The molecule has 0 saturated heterocycles. The van der Waals surface area contributed by atoms with Crippen LogP contribution in [0.4, 0.5) is 10.1 Å². The molecule has 0 bridgehead atoms. The molecular formula is C26H25Cl2FN4O4S. The molecule has 0 aliphatic rings. The number of aromatic nitrogens is 2. The smallest absolute Gasteiger partial charge is 0.248 e. The SMILES string of the molecule is Cc1cc(CNCCS(C)(=O)=O)ccc1-c1nnc(Cc2ccc(Cl)c(Oc3cc(N)cc(Cl)c3)c2F)o1. The molecule has 0 aliphatic carbocycles. The van der Waals surface area contributed by atoms with Crippen molar-refractivity contribution in [3.63, 3.8) is 0 Å². The van der Waals surface area contributed by atoms with Gasteiger partial charge in [0.25, 0.3) is 0 Å². The molecule has 3 aromatic carbocycles. The summed E-state index contributed by atoms with van der Waals surface area (Å²) >= 11 is 12.2. The van der Waals surface area contributed by atoms with E-state index in [0.29, 0.717) is 29.7 Å². The number of nitrogens with zero attached hydrogens (tertiary/aromatic N) is 2. The van der Waals surface area contributed by atoms with E-state index in [2.05, 4.69) is 15.5 Å². The van der Waals surface area contributed by atoms with Crippen molar-refractivity contribution < 1.29 is 22.0 Å². The Morgan fingerprint density at radius 1 is 1.11 bits per heavy atom. The van der Waals surface area contributed by atoms with Crippen molar-refractivity contribution in [3.05, 3.63) is 87.0 Å².